The van der Waals surface area contributed by atoms with Gasteiger partial charge in [-0.2, -0.15) is 0 Å². The fourth-order valence-electron chi connectivity index (χ4n) is 2.57. The third kappa shape index (κ3) is 6.28. The number of sulfonamides is 1. The van der Waals surface area contributed by atoms with Crippen LogP contribution in [0.4, 0.5) is 5.69 Å². The number of carbonyl (C=O) groups is 1. The Labute approximate surface area is 182 Å². The van der Waals surface area contributed by atoms with Gasteiger partial charge in [-0.1, -0.05) is 30.3 Å². The predicted octanol–water partition coefficient (Wildman–Crippen LogP) is 5.20. The van der Waals surface area contributed by atoms with E-state index in [1.54, 1.807) is 47.5 Å². The SMILES string of the molecule is CN(Cc1ccc(Br)s1)C(=O)c1ccc(NS(=O)(=O)/C=C/c2ccccc2)cc1. The maximum Gasteiger partial charge on any atom is 0.255 e. The van der Waals surface area contributed by atoms with Crippen molar-refractivity contribution in [3.63, 3.8) is 0 Å². The van der Waals surface area contributed by atoms with Crippen LogP contribution >= 0.6 is 27.3 Å². The molecule has 0 spiro atoms. The molecule has 1 amide bonds. The average molecular weight is 491 g/mol. The van der Waals surface area contributed by atoms with Gasteiger partial charge in [0.1, 0.15) is 0 Å². The van der Waals surface area contributed by atoms with Gasteiger partial charge < -0.3 is 4.90 Å². The Morgan fingerprint density at radius 1 is 1.07 bits per heavy atom. The summed E-state index contributed by atoms with van der Waals surface area (Å²) in [6.45, 7) is 0.508. The van der Waals surface area contributed by atoms with E-state index in [1.807, 2.05) is 42.5 Å². The van der Waals surface area contributed by atoms with E-state index in [0.29, 0.717) is 17.8 Å². The topological polar surface area (TPSA) is 66.5 Å². The number of amides is 1. The molecule has 0 aliphatic rings. The van der Waals surface area contributed by atoms with E-state index < -0.39 is 10.0 Å². The highest BCUT2D eigenvalue weighted by Gasteiger charge is 2.14. The quantitative estimate of drug-likeness (QED) is 0.495. The average Bonchev–Trinajstić information content (AvgIpc) is 3.11. The van der Waals surface area contributed by atoms with Crippen molar-refractivity contribution in [2.24, 2.45) is 0 Å². The molecule has 3 rings (SSSR count). The molecule has 5 nitrogen and oxygen atoms in total. The van der Waals surface area contributed by atoms with Crippen molar-refractivity contribution < 1.29 is 13.2 Å². The maximum atomic E-state index is 12.6. The minimum atomic E-state index is -3.65. The highest BCUT2D eigenvalue weighted by atomic mass is 79.9. The lowest BCUT2D eigenvalue weighted by Gasteiger charge is -2.16. The van der Waals surface area contributed by atoms with E-state index >= 15 is 0 Å². The molecular weight excluding hydrogens is 472 g/mol. The molecule has 8 heteroatoms. The summed E-state index contributed by atoms with van der Waals surface area (Å²) in [5, 5.41) is 1.12. The summed E-state index contributed by atoms with van der Waals surface area (Å²) < 4.78 is 28.0. The van der Waals surface area contributed by atoms with E-state index in [-0.39, 0.29) is 5.91 Å². The number of hydrogen-bond acceptors (Lipinski definition) is 4. The second-order valence-electron chi connectivity index (χ2n) is 6.30. The highest BCUT2D eigenvalue weighted by Crippen LogP contribution is 2.23. The standard InChI is InChI=1S/C21H19BrN2O3S2/c1-24(15-19-11-12-20(22)28-19)21(25)17-7-9-18(10-8-17)23-29(26,27)14-13-16-5-3-2-4-6-16/h2-14,23H,15H2,1H3/b14-13+. The van der Waals surface area contributed by atoms with Crippen LogP contribution in [-0.4, -0.2) is 26.3 Å². The summed E-state index contributed by atoms with van der Waals surface area (Å²) in [5.41, 5.74) is 1.68. The molecular formula is C21H19BrN2O3S2. The Bertz CT molecular complexity index is 1110. The molecule has 3 aromatic rings. The van der Waals surface area contributed by atoms with Crippen LogP contribution in [0.25, 0.3) is 6.08 Å². The minimum absolute atomic E-state index is 0.132. The van der Waals surface area contributed by atoms with Gasteiger partial charge in [0.2, 0.25) is 0 Å². The Kier molecular flexibility index (Phi) is 6.89. The van der Waals surface area contributed by atoms with Crippen LogP contribution in [0.5, 0.6) is 0 Å². The zero-order chi connectivity index (χ0) is 20.9. The third-order valence-electron chi connectivity index (χ3n) is 4.00. The molecule has 2 aromatic carbocycles. The van der Waals surface area contributed by atoms with Gasteiger partial charge >= 0.3 is 0 Å². The number of benzene rings is 2. The number of rotatable bonds is 7. The zero-order valence-corrected chi connectivity index (χ0v) is 18.8. The van der Waals surface area contributed by atoms with Crippen LogP contribution in [-0.2, 0) is 16.6 Å². The van der Waals surface area contributed by atoms with Crippen molar-refractivity contribution in [2.45, 2.75) is 6.54 Å². The van der Waals surface area contributed by atoms with Crippen LogP contribution in [0.2, 0.25) is 0 Å². The number of nitrogens with zero attached hydrogens (tertiary/aromatic N) is 1. The second kappa shape index (κ2) is 9.39. The molecule has 1 N–H and O–H groups in total. The third-order valence-corrected chi connectivity index (χ3v) is 6.62. The lowest BCUT2D eigenvalue weighted by molar-refractivity contribution is 0.0786. The first kappa shape index (κ1) is 21.3. The molecule has 0 aliphatic heterocycles. The van der Waals surface area contributed by atoms with E-state index in [0.717, 1.165) is 19.6 Å². The lowest BCUT2D eigenvalue weighted by atomic mass is 10.2. The van der Waals surface area contributed by atoms with Gasteiger partial charge in [0, 0.05) is 23.2 Å². The van der Waals surface area contributed by atoms with Crippen molar-refractivity contribution in [1.29, 1.82) is 0 Å². The number of carbonyl (C=O) groups excluding carboxylic acids is 1. The van der Waals surface area contributed by atoms with Crippen LogP contribution in [0.15, 0.2) is 75.9 Å². The minimum Gasteiger partial charge on any atom is -0.337 e. The van der Waals surface area contributed by atoms with E-state index in [4.69, 9.17) is 0 Å². The Hall–Kier alpha value is -2.42. The van der Waals surface area contributed by atoms with Crippen LogP contribution in [0, 0.1) is 0 Å². The molecule has 0 aliphatic carbocycles. The number of halogens is 1. The summed E-state index contributed by atoms with van der Waals surface area (Å²) in [6.07, 6.45) is 1.53. The van der Waals surface area contributed by atoms with Crippen molar-refractivity contribution in [2.75, 3.05) is 11.8 Å². The van der Waals surface area contributed by atoms with Crippen LogP contribution in [0.1, 0.15) is 20.8 Å². The van der Waals surface area contributed by atoms with Gasteiger partial charge in [-0.25, -0.2) is 8.42 Å². The molecule has 0 saturated heterocycles. The first-order valence-electron chi connectivity index (χ1n) is 8.68. The van der Waals surface area contributed by atoms with Crippen LogP contribution in [0.3, 0.4) is 0 Å². The molecule has 0 radical (unpaired) electrons. The van der Waals surface area contributed by atoms with Crippen molar-refractivity contribution >= 4 is 55.0 Å². The van der Waals surface area contributed by atoms with Gasteiger partial charge in [-0.15, -0.1) is 11.3 Å². The fraction of sp³-hybridized carbons (Fsp3) is 0.0952. The summed E-state index contributed by atoms with van der Waals surface area (Å²) in [6, 6.07) is 19.5. The maximum absolute atomic E-state index is 12.6. The summed E-state index contributed by atoms with van der Waals surface area (Å²) >= 11 is 4.99. The Balaban J connectivity index is 1.63. The normalized spacial score (nSPS) is 11.5. The van der Waals surface area contributed by atoms with Gasteiger partial charge in [-0.3, -0.25) is 9.52 Å². The fourth-order valence-corrected chi connectivity index (χ4v) is 4.98. The van der Waals surface area contributed by atoms with Gasteiger partial charge in [0.05, 0.1) is 15.7 Å². The Morgan fingerprint density at radius 2 is 1.76 bits per heavy atom. The van der Waals surface area contributed by atoms with E-state index in [1.165, 1.54) is 6.08 Å². The molecule has 0 saturated carbocycles. The lowest BCUT2D eigenvalue weighted by Crippen LogP contribution is -2.25. The molecule has 1 heterocycles. The van der Waals surface area contributed by atoms with Crippen molar-refractivity contribution in [3.05, 3.63) is 91.9 Å². The smallest absolute Gasteiger partial charge is 0.255 e. The molecule has 0 fully saturated rings. The van der Waals surface area contributed by atoms with E-state index in [2.05, 4.69) is 20.7 Å². The molecule has 150 valence electrons. The highest BCUT2D eigenvalue weighted by molar-refractivity contribution is 9.11. The Morgan fingerprint density at radius 3 is 2.38 bits per heavy atom. The monoisotopic (exact) mass is 490 g/mol. The van der Waals surface area contributed by atoms with Crippen LogP contribution < -0.4 is 4.72 Å². The van der Waals surface area contributed by atoms with Crippen molar-refractivity contribution in [1.82, 2.24) is 4.90 Å². The van der Waals surface area contributed by atoms with Crippen molar-refractivity contribution in [3.8, 4) is 0 Å². The number of thiophene rings is 1. The molecule has 0 unspecified atom stereocenters. The molecule has 0 atom stereocenters. The van der Waals surface area contributed by atoms with Gasteiger partial charge in [-0.05, 0) is 64.0 Å². The first-order valence-corrected chi connectivity index (χ1v) is 11.8. The molecule has 29 heavy (non-hydrogen) atoms. The molecule has 0 bridgehead atoms. The van der Waals surface area contributed by atoms with E-state index in [9.17, 15) is 13.2 Å². The molecule has 1 aromatic heterocycles. The summed E-state index contributed by atoms with van der Waals surface area (Å²) in [7, 11) is -1.91. The number of nitrogens with one attached hydrogen (secondary N) is 1. The summed E-state index contributed by atoms with van der Waals surface area (Å²) in [5.74, 6) is -0.132. The summed E-state index contributed by atoms with van der Waals surface area (Å²) in [4.78, 5) is 15.3. The van der Waals surface area contributed by atoms with Gasteiger partial charge in [0.25, 0.3) is 15.9 Å². The zero-order valence-electron chi connectivity index (χ0n) is 15.6. The number of hydrogen-bond donors (Lipinski definition) is 1. The first-order chi connectivity index (χ1) is 13.8. The largest absolute Gasteiger partial charge is 0.337 e. The second-order valence-corrected chi connectivity index (χ2v) is 10.4. The number of anilines is 1. The van der Waals surface area contributed by atoms with Gasteiger partial charge in [0.15, 0.2) is 0 Å². The predicted molar refractivity (Wildman–Crippen MR) is 122 cm³/mol.